The first-order valence-electron chi connectivity index (χ1n) is 6.80. The Morgan fingerprint density at radius 1 is 1.46 bits per heavy atom. The third kappa shape index (κ3) is 4.50. The van der Waals surface area contributed by atoms with E-state index >= 15 is 0 Å². The van der Waals surface area contributed by atoms with Crippen LogP contribution in [-0.2, 0) is 19.6 Å². The van der Waals surface area contributed by atoms with Gasteiger partial charge in [-0.05, 0) is 25.1 Å². The topological polar surface area (TPSA) is 128 Å². The number of nitrogens with one attached hydrogen (secondary N) is 1. The van der Waals surface area contributed by atoms with Crippen molar-refractivity contribution in [2.75, 3.05) is 13.1 Å². The summed E-state index contributed by atoms with van der Waals surface area (Å²) >= 11 is 0. The highest BCUT2D eigenvalue weighted by Crippen LogP contribution is 2.20. The van der Waals surface area contributed by atoms with Gasteiger partial charge >= 0.3 is 5.97 Å². The average Bonchev–Trinajstić information content (AvgIpc) is 2.50. The minimum atomic E-state index is -4.31. The predicted molar refractivity (Wildman–Crippen MR) is 80.8 cm³/mol. The number of halogens is 1. The number of hydrogen-bond acceptors (Lipinski definition) is 5. The first kappa shape index (κ1) is 19.5. The van der Waals surface area contributed by atoms with Crippen molar-refractivity contribution in [2.45, 2.75) is 24.8 Å². The van der Waals surface area contributed by atoms with Gasteiger partial charge in [0.15, 0.2) is 0 Å². The molecule has 130 valence electrons. The number of sulfonamides is 1. The summed E-state index contributed by atoms with van der Waals surface area (Å²) < 4.78 is 39.3. The molecule has 0 aromatic heterocycles. The van der Waals surface area contributed by atoms with Gasteiger partial charge in [0.1, 0.15) is 17.9 Å². The van der Waals surface area contributed by atoms with Crippen molar-refractivity contribution >= 4 is 21.9 Å². The van der Waals surface area contributed by atoms with Crippen molar-refractivity contribution in [1.82, 2.24) is 9.62 Å². The molecule has 1 aromatic carbocycles. The molecular formula is C14H16FN3O5S. The summed E-state index contributed by atoms with van der Waals surface area (Å²) in [6.45, 7) is 2.01. The molecule has 1 amide bonds. The second kappa shape index (κ2) is 7.85. The maximum absolute atomic E-state index is 13.4. The van der Waals surface area contributed by atoms with Crippen LogP contribution in [0, 0.1) is 17.1 Å². The van der Waals surface area contributed by atoms with Crippen molar-refractivity contribution in [3.05, 3.63) is 29.6 Å². The zero-order valence-electron chi connectivity index (χ0n) is 13.0. The van der Waals surface area contributed by atoms with Gasteiger partial charge in [-0.1, -0.05) is 0 Å². The Morgan fingerprint density at radius 2 is 2.08 bits per heavy atom. The zero-order valence-corrected chi connectivity index (χ0v) is 13.8. The highest BCUT2D eigenvalue weighted by molar-refractivity contribution is 7.89. The third-order valence-corrected chi connectivity index (χ3v) is 5.13. The fourth-order valence-electron chi connectivity index (χ4n) is 1.87. The van der Waals surface area contributed by atoms with Crippen LogP contribution in [-0.4, -0.2) is 48.8 Å². The van der Waals surface area contributed by atoms with E-state index in [2.05, 4.69) is 5.32 Å². The van der Waals surface area contributed by atoms with Gasteiger partial charge in [-0.15, -0.1) is 0 Å². The molecule has 0 heterocycles. The quantitative estimate of drug-likeness (QED) is 0.722. The second-order valence-corrected chi connectivity index (χ2v) is 6.76. The SMILES string of the molecule is CC(=O)NCCN(C(C)C(=O)O)S(=O)(=O)c1ccc(F)c(C#N)c1. The van der Waals surface area contributed by atoms with E-state index in [4.69, 9.17) is 10.4 Å². The van der Waals surface area contributed by atoms with E-state index in [9.17, 15) is 22.4 Å². The highest BCUT2D eigenvalue weighted by Gasteiger charge is 2.33. The molecule has 24 heavy (non-hydrogen) atoms. The number of rotatable bonds is 7. The number of benzene rings is 1. The minimum absolute atomic E-state index is 0.0987. The van der Waals surface area contributed by atoms with E-state index in [-0.39, 0.29) is 13.1 Å². The van der Waals surface area contributed by atoms with Gasteiger partial charge in [0.25, 0.3) is 0 Å². The average molecular weight is 357 g/mol. The molecule has 0 bridgehead atoms. The Labute approximate surface area is 138 Å². The van der Waals surface area contributed by atoms with Crippen LogP contribution < -0.4 is 5.32 Å². The largest absolute Gasteiger partial charge is 0.480 e. The number of carboxylic acids is 1. The van der Waals surface area contributed by atoms with Gasteiger partial charge in [0.2, 0.25) is 15.9 Å². The summed E-state index contributed by atoms with van der Waals surface area (Å²) in [6.07, 6.45) is 0. The summed E-state index contributed by atoms with van der Waals surface area (Å²) in [5.74, 6) is -2.67. The molecule has 0 radical (unpaired) electrons. The van der Waals surface area contributed by atoms with Crippen molar-refractivity contribution in [1.29, 1.82) is 5.26 Å². The van der Waals surface area contributed by atoms with E-state index in [1.807, 2.05) is 0 Å². The molecule has 1 aromatic rings. The molecule has 10 heteroatoms. The summed E-state index contributed by atoms with van der Waals surface area (Å²) in [4.78, 5) is 21.7. The summed E-state index contributed by atoms with van der Waals surface area (Å²) in [7, 11) is -4.31. The lowest BCUT2D eigenvalue weighted by atomic mass is 10.2. The lowest BCUT2D eigenvalue weighted by Gasteiger charge is -2.25. The number of hydrogen-bond donors (Lipinski definition) is 2. The van der Waals surface area contributed by atoms with Gasteiger partial charge in [-0.3, -0.25) is 9.59 Å². The van der Waals surface area contributed by atoms with Gasteiger partial charge in [-0.2, -0.15) is 9.57 Å². The predicted octanol–water partition coefficient (Wildman–Crippen LogP) is 0.297. The van der Waals surface area contributed by atoms with Crippen LogP contribution in [0.1, 0.15) is 19.4 Å². The molecule has 0 aliphatic heterocycles. The van der Waals surface area contributed by atoms with E-state index in [1.165, 1.54) is 19.9 Å². The second-order valence-electron chi connectivity index (χ2n) is 4.87. The van der Waals surface area contributed by atoms with Crippen LogP contribution in [0.25, 0.3) is 0 Å². The number of aliphatic carboxylic acids is 1. The van der Waals surface area contributed by atoms with Crippen LogP contribution >= 0.6 is 0 Å². The fourth-order valence-corrected chi connectivity index (χ4v) is 3.49. The molecule has 0 aliphatic rings. The smallest absolute Gasteiger partial charge is 0.321 e. The lowest BCUT2D eigenvalue weighted by molar-refractivity contribution is -0.140. The number of carbonyl (C=O) groups is 2. The molecule has 0 spiro atoms. The molecule has 0 aliphatic carbocycles. The van der Waals surface area contributed by atoms with Crippen LogP contribution in [0.15, 0.2) is 23.1 Å². The zero-order chi connectivity index (χ0) is 18.5. The monoisotopic (exact) mass is 357 g/mol. The Bertz CT molecular complexity index is 788. The first-order valence-corrected chi connectivity index (χ1v) is 8.24. The van der Waals surface area contributed by atoms with Crippen molar-refractivity contribution in [3.8, 4) is 6.07 Å². The van der Waals surface area contributed by atoms with Crippen LogP contribution in [0.4, 0.5) is 4.39 Å². The highest BCUT2D eigenvalue weighted by atomic mass is 32.2. The lowest BCUT2D eigenvalue weighted by Crippen LogP contribution is -2.46. The maximum atomic E-state index is 13.4. The van der Waals surface area contributed by atoms with Gasteiger partial charge in [0, 0.05) is 20.0 Å². The Balaban J connectivity index is 3.26. The van der Waals surface area contributed by atoms with Gasteiger partial charge < -0.3 is 10.4 Å². The molecule has 0 fully saturated rings. The molecule has 0 saturated carbocycles. The first-order chi connectivity index (χ1) is 11.1. The molecular weight excluding hydrogens is 341 g/mol. The minimum Gasteiger partial charge on any atom is -0.480 e. The Morgan fingerprint density at radius 3 is 2.58 bits per heavy atom. The number of nitrogens with zero attached hydrogens (tertiary/aromatic N) is 2. The molecule has 1 rings (SSSR count). The van der Waals surface area contributed by atoms with E-state index in [0.29, 0.717) is 4.31 Å². The number of amides is 1. The van der Waals surface area contributed by atoms with E-state index < -0.39 is 44.2 Å². The summed E-state index contributed by atoms with van der Waals surface area (Å²) in [6, 6.07) is 2.72. The Hall–Kier alpha value is -2.51. The molecule has 1 atom stereocenters. The van der Waals surface area contributed by atoms with Gasteiger partial charge in [0.05, 0.1) is 10.5 Å². The normalized spacial score (nSPS) is 12.5. The van der Waals surface area contributed by atoms with Crippen LogP contribution in [0.2, 0.25) is 0 Å². The number of carbonyl (C=O) groups excluding carboxylic acids is 1. The van der Waals surface area contributed by atoms with Crippen LogP contribution in [0.5, 0.6) is 0 Å². The van der Waals surface area contributed by atoms with Crippen molar-refractivity contribution in [2.24, 2.45) is 0 Å². The number of nitriles is 1. The van der Waals surface area contributed by atoms with E-state index in [0.717, 1.165) is 18.2 Å². The van der Waals surface area contributed by atoms with Crippen LogP contribution in [0.3, 0.4) is 0 Å². The van der Waals surface area contributed by atoms with Crippen molar-refractivity contribution < 1.29 is 27.5 Å². The molecule has 0 saturated heterocycles. The molecule has 1 unspecified atom stereocenters. The van der Waals surface area contributed by atoms with Crippen molar-refractivity contribution in [3.63, 3.8) is 0 Å². The van der Waals surface area contributed by atoms with Gasteiger partial charge in [-0.25, -0.2) is 12.8 Å². The summed E-state index contributed by atoms with van der Waals surface area (Å²) in [5.41, 5.74) is -0.471. The van der Waals surface area contributed by atoms with E-state index in [1.54, 1.807) is 0 Å². The molecule has 2 N–H and O–H groups in total. The standard InChI is InChI=1S/C14H16FN3O5S/c1-9(14(20)21)18(6-5-17-10(2)19)24(22,23)12-3-4-13(15)11(7-12)8-16/h3-4,7,9H,5-6H2,1-2H3,(H,17,19)(H,20,21). The third-order valence-electron chi connectivity index (χ3n) is 3.16. The number of carboxylic acid groups (broad SMARTS) is 1. The molecule has 8 nitrogen and oxygen atoms in total. The maximum Gasteiger partial charge on any atom is 0.321 e. The summed E-state index contributed by atoms with van der Waals surface area (Å²) in [5, 5.41) is 20.3. The Kier molecular flexibility index (Phi) is 6.39. The fraction of sp³-hybridized carbons (Fsp3) is 0.357.